The van der Waals surface area contributed by atoms with Gasteiger partial charge in [-0.05, 0) is 6.07 Å². The Morgan fingerprint density at radius 1 is 1.38 bits per heavy atom. The molecule has 0 bridgehead atoms. The van der Waals surface area contributed by atoms with E-state index >= 15 is 0 Å². The zero-order chi connectivity index (χ0) is 15.5. The number of anilines is 2. The summed E-state index contributed by atoms with van der Waals surface area (Å²) in [7, 11) is -1.38. The third-order valence-corrected chi connectivity index (χ3v) is 3.51. The van der Waals surface area contributed by atoms with E-state index in [0.717, 1.165) is 0 Å². The number of nitrogen functional groups attached to an aromatic ring is 1. The van der Waals surface area contributed by atoms with Crippen LogP contribution in [0.1, 0.15) is 0 Å². The fourth-order valence-corrected chi connectivity index (χ4v) is 2.09. The number of hydrogen-bond donors (Lipinski definition) is 2. The van der Waals surface area contributed by atoms with Crippen molar-refractivity contribution in [2.24, 2.45) is 5.84 Å². The van der Waals surface area contributed by atoms with Crippen LogP contribution in [0.2, 0.25) is 0 Å². The van der Waals surface area contributed by atoms with Crippen LogP contribution in [0.15, 0.2) is 18.5 Å². The molecule has 0 saturated carbocycles. The Hall–Kier alpha value is -2.27. The van der Waals surface area contributed by atoms with E-state index in [2.05, 4.69) is 25.5 Å². The molecular formula is C10H16N8O2S. The van der Waals surface area contributed by atoms with Crippen LogP contribution in [0.3, 0.4) is 0 Å². The second-order valence-electron chi connectivity index (χ2n) is 4.41. The van der Waals surface area contributed by atoms with E-state index in [4.69, 9.17) is 5.84 Å². The SMILES string of the molecule is CN(CCS(C)(=O)=O)c1nc(NN)nc(-n2cccn2)n1. The van der Waals surface area contributed by atoms with Crippen LogP contribution < -0.4 is 16.2 Å². The van der Waals surface area contributed by atoms with Crippen LogP contribution in [0.4, 0.5) is 11.9 Å². The van der Waals surface area contributed by atoms with Gasteiger partial charge in [0.05, 0.1) is 5.75 Å². The lowest BCUT2D eigenvalue weighted by molar-refractivity contribution is 0.600. The molecule has 0 unspecified atom stereocenters. The van der Waals surface area contributed by atoms with E-state index in [1.54, 1.807) is 30.4 Å². The van der Waals surface area contributed by atoms with Gasteiger partial charge in [-0.1, -0.05) is 0 Å². The number of sulfone groups is 1. The minimum atomic E-state index is -3.07. The highest BCUT2D eigenvalue weighted by Crippen LogP contribution is 2.11. The summed E-state index contributed by atoms with van der Waals surface area (Å²) in [5.74, 6) is 6.08. The van der Waals surface area contributed by atoms with Gasteiger partial charge >= 0.3 is 0 Å². The Labute approximate surface area is 121 Å². The molecule has 0 fully saturated rings. The van der Waals surface area contributed by atoms with Gasteiger partial charge in [0.2, 0.25) is 11.9 Å². The third-order valence-electron chi connectivity index (χ3n) is 2.59. The second kappa shape index (κ2) is 6.01. The summed E-state index contributed by atoms with van der Waals surface area (Å²) < 4.78 is 23.9. The van der Waals surface area contributed by atoms with Crippen LogP contribution in [0.5, 0.6) is 0 Å². The Bertz CT molecular complexity index is 700. The van der Waals surface area contributed by atoms with E-state index in [0.29, 0.717) is 5.95 Å². The molecule has 2 aromatic rings. The highest BCUT2D eigenvalue weighted by atomic mass is 32.2. The predicted molar refractivity (Wildman–Crippen MR) is 77.7 cm³/mol. The Balaban J connectivity index is 2.28. The van der Waals surface area contributed by atoms with Crippen molar-refractivity contribution in [2.75, 3.05) is 35.9 Å². The number of nitrogens with one attached hydrogen (secondary N) is 1. The fraction of sp³-hybridized carbons (Fsp3) is 0.400. The standard InChI is InChI=1S/C10H16N8O2S/c1-17(6-7-21(2,19)20)9-13-8(16-11)14-10(15-9)18-5-3-4-12-18/h3-5H,6-7,11H2,1-2H3,(H,13,14,15,16). The largest absolute Gasteiger partial charge is 0.343 e. The summed E-state index contributed by atoms with van der Waals surface area (Å²) in [5.41, 5.74) is 2.35. The van der Waals surface area contributed by atoms with Gasteiger partial charge in [-0.3, -0.25) is 5.43 Å². The van der Waals surface area contributed by atoms with Crippen molar-refractivity contribution in [3.05, 3.63) is 18.5 Å². The lowest BCUT2D eigenvalue weighted by Gasteiger charge is -2.17. The monoisotopic (exact) mass is 312 g/mol. The average Bonchev–Trinajstić information content (AvgIpc) is 2.97. The van der Waals surface area contributed by atoms with Crippen molar-refractivity contribution in [3.63, 3.8) is 0 Å². The predicted octanol–water partition coefficient (Wildman–Crippen LogP) is -1.18. The molecule has 2 heterocycles. The van der Waals surface area contributed by atoms with Crippen LogP contribution >= 0.6 is 0 Å². The van der Waals surface area contributed by atoms with Gasteiger partial charge < -0.3 is 4.90 Å². The quantitative estimate of drug-likeness (QED) is 0.499. The summed E-state index contributed by atoms with van der Waals surface area (Å²) in [4.78, 5) is 14.0. The van der Waals surface area contributed by atoms with E-state index in [1.165, 1.54) is 10.9 Å². The summed E-state index contributed by atoms with van der Waals surface area (Å²) in [6.45, 7) is 0.255. The van der Waals surface area contributed by atoms with Gasteiger partial charge in [-0.15, -0.1) is 0 Å². The summed E-state index contributed by atoms with van der Waals surface area (Å²) >= 11 is 0. The number of hydrogen-bond acceptors (Lipinski definition) is 9. The molecule has 0 radical (unpaired) electrons. The van der Waals surface area contributed by atoms with E-state index in [1.807, 2.05) is 0 Å². The molecule has 0 saturated heterocycles. The van der Waals surface area contributed by atoms with Crippen molar-refractivity contribution in [2.45, 2.75) is 0 Å². The normalized spacial score (nSPS) is 11.4. The van der Waals surface area contributed by atoms with Crippen molar-refractivity contribution >= 4 is 21.7 Å². The number of nitrogens with zero attached hydrogens (tertiary/aromatic N) is 6. The second-order valence-corrected chi connectivity index (χ2v) is 6.67. The number of rotatable bonds is 6. The molecule has 2 rings (SSSR count). The van der Waals surface area contributed by atoms with Gasteiger partial charge in [0.1, 0.15) is 9.84 Å². The minimum Gasteiger partial charge on any atom is -0.343 e. The molecule has 10 nitrogen and oxygen atoms in total. The Kier molecular flexibility index (Phi) is 4.33. The zero-order valence-electron chi connectivity index (χ0n) is 11.6. The molecule has 0 amide bonds. The van der Waals surface area contributed by atoms with Crippen LogP contribution in [-0.4, -0.2) is 58.8 Å². The highest BCUT2D eigenvalue weighted by molar-refractivity contribution is 7.90. The first-order valence-electron chi connectivity index (χ1n) is 6.00. The maximum atomic E-state index is 11.2. The molecule has 0 spiro atoms. The summed E-state index contributed by atoms with van der Waals surface area (Å²) in [6.07, 6.45) is 4.44. The van der Waals surface area contributed by atoms with Crippen molar-refractivity contribution in [1.82, 2.24) is 24.7 Å². The maximum absolute atomic E-state index is 11.2. The average molecular weight is 312 g/mol. The van der Waals surface area contributed by atoms with Crippen LogP contribution in [-0.2, 0) is 9.84 Å². The van der Waals surface area contributed by atoms with Crippen molar-refractivity contribution in [1.29, 1.82) is 0 Å². The van der Waals surface area contributed by atoms with Crippen LogP contribution in [0.25, 0.3) is 5.95 Å². The first kappa shape index (κ1) is 15.1. The van der Waals surface area contributed by atoms with Gasteiger partial charge in [-0.25, -0.2) is 18.9 Å². The van der Waals surface area contributed by atoms with Crippen LogP contribution in [0, 0.1) is 0 Å². The molecule has 21 heavy (non-hydrogen) atoms. The summed E-state index contributed by atoms with van der Waals surface area (Å²) in [6, 6.07) is 1.73. The number of aromatic nitrogens is 5. The van der Waals surface area contributed by atoms with Gasteiger partial charge in [0.25, 0.3) is 5.95 Å². The minimum absolute atomic E-state index is 0.00231. The highest BCUT2D eigenvalue weighted by Gasteiger charge is 2.13. The molecule has 11 heteroatoms. The topological polar surface area (TPSA) is 132 Å². The van der Waals surface area contributed by atoms with Gasteiger partial charge in [0.15, 0.2) is 0 Å². The number of nitrogens with two attached hydrogens (primary N) is 1. The molecule has 2 aromatic heterocycles. The lowest BCUT2D eigenvalue weighted by Crippen LogP contribution is -2.28. The first-order valence-corrected chi connectivity index (χ1v) is 8.06. The van der Waals surface area contributed by atoms with E-state index in [9.17, 15) is 8.42 Å². The molecule has 0 atom stereocenters. The van der Waals surface area contributed by atoms with E-state index < -0.39 is 9.84 Å². The lowest BCUT2D eigenvalue weighted by atomic mass is 10.6. The molecule has 0 aliphatic heterocycles. The maximum Gasteiger partial charge on any atom is 0.257 e. The summed E-state index contributed by atoms with van der Waals surface area (Å²) in [5, 5.41) is 4.03. The van der Waals surface area contributed by atoms with Crippen molar-refractivity contribution in [3.8, 4) is 5.95 Å². The molecule has 0 aliphatic carbocycles. The first-order chi connectivity index (χ1) is 9.89. The third kappa shape index (κ3) is 4.10. The zero-order valence-corrected chi connectivity index (χ0v) is 12.4. The Morgan fingerprint density at radius 2 is 2.14 bits per heavy atom. The molecule has 3 N–H and O–H groups in total. The van der Waals surface area contributed by atoms with E-state index in [-0.39, 0.29) is 24.2 Å². The fourth-order valence-electron chi connectivity index (χ4n) is 1.48. The van der Waals surface area contributed by atoms with Gasteiger partial charge in [0, 0.05) is 32.2 Å². The molecular weight excluding hydrogens is 296 g/mol. The Morgan fingerprint density at radius 3 is 2.71 bits per heavy atom. The number of hydrazine groups is 1. The smallest absolute Gasteiger partial charge is 0.257 e. The molecule has 114 valence electrons. The molecule has 0 aliphatic rings. The molecule has 0 aromatic carbocycles. The van der Waals surface area contributed by atoms with Gasteiger partial charge in [-0.2, -0.15) is 20.1 Å². The van der Waals surface area contributed by atoms with Crippen molar-refractivity contribution < 1.29 is 8.42 Å².